The standard InChI is InChI=1S/C19H23N5O3S/c1-11-8-15(13-4-3-6-20-9-13)27-18(26)16(11)17(25)21-7-5-14-10-24-19(22-14)28-12(2)23-24/h8,10,13,20H,3-7,9H2,1-2H3,(H,21,25). The topological polar surface area (TPSA) is 102 Å². The number of imidazole rings is 1. The average Bonchev–Trinajstić information content (AvgIpc) is 3.18. The Morgan fingerprint density at radius 3 is 3.04 bits per heavy atom. The number of fused-ring (bicyclic) bond motifs is 1. The molecule has 4 heterocycles. The highest BCUT2D eigenvalue weighted by atomic mass is 32.1. The first-order valence-electron chi connectivity index (χ1n) is 9.46. The number of carbonyl (C=O) groups excluding carboxylic acids is 1. The van der Waals surface area contributed by atoms with Crippen molar-refractivity contribution in [2.75, 3.05) is 19.6 Å². The molecule has 1 fully saturated rings. The van der Waals surface area contributed by atoms with Gasteiger partial charge in [-0.1, -0.05) is 11.3 Å². The maximum atomic E-state index is 12.5. The van der Waals surface area contributed by atoms with Crippen molar-refractivity contribution in [3.05, 3.63) is 50.3 Å². The van der Waals surface area contributed by atoms with Gasteiger partial charge in [0.05, 0.1) is 11.9 Å². The van der Waals surface area contributed by atoms with Gasteiger partial charge in [-0.25, -0.2) is 14.3 Å². The summed E-state index contributed by atoms with van der Waals surface area (Å²) in [5, 5.41) is 11.4. The number of aryl methyl sites for hydroxylation is 2. The summed E-state index contributed by atoms with van der Waals surface area (Å²) in [6.07, 6.45) is 4.46. The first kappa shape index (κ1) is 18.8. The lowest BCUT2D eigenvalue weighted by Crippen LogP contribution is -2.32. The molecule has 3 aromatic rings. The molecule has 3 aromatic heterocycles. The van der Waals surface area contributed by atoms with Gasteiger partial charge in [0.2, 0.25) is 4.96 Å². The number of nitrogens with zero attached hydrogens (tertiary/aromatic N) is 3. The van der Waals surface area contributed by atoms with E-state index in [1.807, 2.05) is 19.2 Å². The Hall–Kier alpha value is -2.52. The summed E-state index contributed by atoms with van der Waals surface area (Å²) in [5.41, 5.74) is 1.01. The minimum Gasteiger partial charge on any atom is -0.427 e. The van der Waals surface area contributed by atoms with Gasteiger partial charge in [-0.2, -0.15) is 5.10 Å². The first-order chi connectivity index (χ1) is 13.5. The molecule has 1 saturated heterocycles. The van der Waals surface area contributed by atoms with Gasteiger partial charge in [0, 0.05) is 25.4 Å². The van der Waals surface area contributed by atoms with E-state index in [1.54, 1.807) is 11.4 Å². The minimum atomic E-state index is -0.569. The van der Waals surface area contributed by atoms with Gasteiger partial charge in [0.25, 0.3) is 5.91 Å². The fourth-order valence-corrected chi connectivity index (χ4v) is 4.30. The number of amides is 1. The first-order valence-corrected chi connectivity index (χ1v) is 10.3. The van der Waals surface area contributed by atoms with Crippen molar-refractivity contribution in [2.24, 2.45) is 0 Å². The fourth-order valence-electron chi connectivity index (χ4n) is 3.56. The van der Waals surface area contributed by atoms with Crippen LogP contribution in [0.1, 0.15) is 51.1 Å². The van der Waals surface area contributed by atoms with E-state index in [2.05, 4.69) is 20.7 Å². The zero-order chi connectivity index (χ0) is 19.7. The van der Waals surface area contributed by atoms with Crippen LogP contribution in [0.25, 0.3) is 4.96 Å². The van der Waals surface area contributed by atoms with Crippen LogP contribution < -0.4 is 16.3 Å². The predicted molar refractivity (Wildman–Crippen MR) is 106 cm³/mol. The minimum absolute atomic E-state index is 0.0793. The summed E-state index contributed by atoms with van der Waals surface area (Å²) in [6.45, 7) is 5.89. The molecule has 0 radical (unpaired) electrons. The molecule has 1 amide bonds. The number of carbonyl (C=O) groups is 1. The number of nitrogens with one attached hydrogen (secondary N) is 2. The second kappa shape index (κ2) is 7.84. The van der Waals surface area contributed by atoms with Crippen LogP contribution in [0, 0.1) is 13.8 Å². The molecule has 8 nitrogen and oxygen atoms in total. The Kier molecular flexibility index (Phi) is 5.27. The van der Waals surface area contributed by atoms with E-state index in [9.17, 15) is 9.59 Å². The summed E-state index contributed by atoms with van der Waals surface area (Å²) in [4.78, 5) is 30.3. The fraction of sp³-hybridized carbons (Fsp3) is 0.474. The smallest absolute Gasteiger partial charge is 0.349 e. The molecule has 0 aliphatic carbocycles. The second-order valence-electron chi connectivity index (χ2n) is 7.12. The van der Waals surface area contributed by atoms with Gasteiger partial charge in [-0.05, 0) is 44.9 Å². The lowest BCUT2D eigenvalue weighted by atomic mass is 9.95. The predicted octanol–water partition coefficient (Wildman–Crippen LogP) is 1.80. The SMILES string of the molecule is Cc1nn2cc(CCNC(=O)c3c(C)cc(C4CCCNC4)oc3=O)nc2s1. The third-order valence-electron chi connectivity index (χ3n) is 4.95. The van der Waals surface area contributed by atoms with Gasteiger partial charge in [0.1, 0.15) is 16.3 Å². The van der Waals surface area contributed by atoms with Crippen molar-refractivity contribution in [1.29, 1.82) is 0 Å². The summed E-state index contributed by atoms with van der Waals surface area (Å²) >= 11 is 1.52. The molecule has 2 N–H and O–H groups in total. The molecule has 0 bridgehead atoms. The van der Waals surface area contributed by atoms with E-state index in [0.29, 0.717) is 24.3 Å². The Morgan fingerprint density at radius 2 is 2.32 bits per heavy atom. The molecule has 1 aliphatic rings. The zero-order valence-corrected chi connectivity index (χ0v) is 16.8. The van der Waals surface area contributed by atoms with Gasteiger partial charge in [-0.15, -0.1) is 0 Å². The molecular formula is C19H23N5O3S. The van der Waals surface area contributed by atoms with Gasteiger partial charge < -0.3 is 15.1 Å². The van der Waals surface area contributed by atoms with E-state index < -0.39 is 11.5 Å². The molecule has 1 atom stereocenters. The maximum absolute atomic E-state index is 12.5. The Labute approximate surface area is 166 Å². The van der Waals surface area contributed by atoms with Gasteiger partial charge in [-0.3, -0.25) is 4.79 Å². The maximum Gasteiger partial charge on any atom is 0.349 e. The Morgan fingerprint density at radius 1 is 1.46 bits per heavy atom. The van der Waals surface area contributed by atoms with Crippen LogP contribution in [0.5, 0.6) is 0 Å². The number of piperidine rings is 1. The Bertz CT molecular complexity index is 1030. The highest BCUT2D eigenvalue weighted by molar-refractivity contribution is 7.16. The molecule has 148 valence electrons. The average molecular weight is 401 g/mol. The van der Waals surface area contributed by atoms with Crippen molar-refractivity contribution >= 4 is 22.2 Å². The van der Waals surface area contributed by atoms with E-state index in [4.69, 9.17) is 4.42 Å². The quantitative estimate of drug-likeness (QED) is 0.676. The van der Waals surface area contributed by atoms with Crippen LogP contribution in [0.15, 0.2) is 21.5 Å². The molecule has 28 heavy (non-hydrogen) atoms. The number of hydrogen-bond acceptors (Lipinski definition) is 7. The van der Waals surface area contributed by atoms with Crippen LogP contribution in [0.4, 0.5) is 0 Å². The number of rotatable bonds is 5. The highest BCUT2D eigenvalue weighted by Gasteiger charge is 2.22. The Balaban J connectivity index is 1.40. The van der Waals surface area contributed by atoms with Crippen molar-refractivity contribution < 1.29 is 9.21 Å². The van der Waals surface area contributed by atoms with E-state index in [-0.39, 0.29) is 11.5 Å². The van der Waals surface area contributed by atoms with Crippen LogP contribution >= 0.6 is 11.3 Å². The monoisotopic (exact) mass is 401 g/mol. The normalized spacial score (nSPS) is 17.1. The van der Waals surface area contributed by atoms with Crippen LogP contribution in [0.3, 0.4) is 0 Å². The van der Waals surface area contributed by atoms with Gasteiger partial charge in [0.15, 0.2) is 0 Å². The summed E-state index contributed by atoms with van der Waals surface area (Å²) in [6, 6.07) is 1.82. The lowest BCUT2D eigenvalue weighted by molar-refractivity contribution is 0.0948. The number of hydrogen-bond donors (Lipinski definition) is 2. The molecule has 0 spiro atoms. The van der Waals surface area contributed by atoms with Crippen molar-refractivity contribution in [3.8, 4) is 0 Å². The summed E-state index contributed by atoms with van der Waals surface area (Å²) < 4.78 is 7.22. The van der Waals surface area contributed by atoms with Crippen molar-refractivity contribution in [2.45, 2.75) is 39.0 Å². The molecule has 1 aliphatic heterocycles. The summed E-state index contributed by atoms with van der Waals surface area (Å²) in [5.74, 6) is 0.436. The zero-order valence-electron chi connectivity index (χ0n) is 15.9. The van der Waals surface area contributed by atoms with E-state index in [0.717, 1.165) is 41.6 Å². The van der Waals surface area contributed by atoms with Gasteiger partial charge >= 0.3 is 5.63 Å². The van der Waals surface area contributed by atoms with Crippen LogP contribution in [0.2, 0.25) is 0 Å². The molecule has 9 heteroatoms. The highest BCUT2D eigenvalue weighted by Crippen LogP contribution is 2.23. The largest absolute Gasteiger partial charge is 0.427 e. The third kappa shape index (κ3) is 3.85. The second-order valence-corrected chi connectivity index (χ2v) is 8.28. The van der Waals surface area contributed by atoms with Crippen molar-refractivity contribution in [1.82, 2.24) is 25.2 Å². The molecule has 0 saturated carbocycles. The third-order valence-corrected chi connectivity index (χ3v) is 5.79. The molecule has 1 unspecified atom stereocenters. The number of aromatic nitrogens is 3. The van der Waals surface area contributed by atoms with E-state index in [1.165, 1.54) is 11.3 Å². The lowest BCUT2D eigenvalue weighted by Gasteiger charge is -2.22. The summed E-state index contributed by atoms with van der Waals surface area (Å²) in [7, 11) is 0. The van der Waals surface area contributed by atoms with Crippen molar-refractivity contribution in [3.63, 3.8) is 0 Å². The molecule has 4 rings (SSSR count). The molecule has 0 aromatic carbocycles. The van der Waals surface area contributed by atoms with E-state index >= 15 is 0 Å². The molecular weight excluding hydrogens is 378 g/mol. The van der Waals surface area contributed by atoms with Crippen LogP contribution in [-0.2, 0) is 6.42 Å². The van der Waals surface area contributed by atoms with Crippen LogP contribution in [-0.4, -0.2) is 40.1 Å².